The lowest BCUT2D eigenvalue weighted by Crippen LogP contribution is -2.35. The number of carbonyl (C=O) groups excluding carboxylic acids is 1. The lowest BCUT2D eigenvalue weighted by atomic mass is 10.0. The molecule has 0 aliphatic heterocycles. The highest BCUT2D eigenvalue weighted by molar-refractivity contribution is 8.76. The molecule has 0 saturated heterocycles. The van der Waals surface area contributed by atoms with Gasteiger partial charge in [-0.1, -0.05) is 48.8 Å². The minimum Gasteiger partial charge on any atom is -0.321 e. The van der Waals surface area contributed by atoms with Gasteiger partial charge >= 0.3 is 0 Å². The summed E-state index contributed by atoms with van der Waals surface area (Å²) in [5.41, 5.74) is 5.75. The lowest BCUT2D eigenvalue weighted by molar-refractivity contribution is -0.122. The summed E-state index contributed by atoms with van der Waals surface area (Å²) in [5.74, 6) is 2.13. The largest absolute Gasteiger partial charge is 0.321 e. The van der Waals surface area contributed by atoms with Crippen molar-refractivity contribution in [1.29, 1.82) is 0 Å². The summed E-state index contributed by atoms with van der Waals surface area (Å²) in [6.07, 6.45) is 2.47. The number of unbranched alkanes of at least 4 members (excludes halogenated alkanes) is 1. The summed E-state index contributed by atoms with van der Waals surface area (Å²) in [6.45, 7) is 5.98. The van der Waals surface area contributed by atoms with Crippen molar-refractivity contribution in [2.24, 2.45) is 11.7 Å². The maximum Gasteiger partial charge on any atom is 0.152 e. The lowest BCUT2D eigenvalue weighted by Gasteiger charge is -2.11. The van der Waals surface area contributed by atoms with Crippen LogP contribution < -0.4 is 5.73 Å². The summed E-state index contributed by atoms with van der Waals surface area (Å²) in [7, 11) is 3.54. The normalized spacial score (nSPS) is 13.2. The molecule has 0 aliphatic rings. The molecular weight excluding hydrogens is 214 g/mol. The van der Waals surface area contributed by atoms with Crippen molar-refractivity contribution in [1.82, 2.24) is 0 Å². The Morgan fingerprint density at radius 2 is 2.00 bits per heavy atom. The number of rotatable bonds is 8. The predicted octanol–water partition coefficient (Wildman–Crippen LogP) is 2.72. The van der Waals surface area contributed by atoms with E-state index in [2.05, 4.69) is 6.92 Å². The summed E-state index contributed by atoms with van der Waals surface area (Å²) < 4.78 is 0. The highest BCUT2D eigenvalue weighted by Gasteiger charge is 2.16. The van der Waals surface area contributed by atoms with Crippen molar-refractivity contribution in [2.75, 3.05) is 11.5 Å². The molecule has 4 heteroatoms. The molecule has 2 nitrogen and oxygen atoms in total. The molecule has 0 rings (SSSR count). The van der Waals surface area contributed by atoms with E-state index in [4.69, 9.17) is 5.73 Å². The van der Waals surface area contributed by atoms with Crippen LogP contribution in [0.25, 0.3) is 0 Å². The van der Waals surface area contributed by atoms with Gasteiger partial charge in [-0.25, -0.2) is 0 Å². The maximum absolute atomic E-state index is 11.4. The van der Waals surface area contributed by atoms with E-state index in [0.717, 1.165) is 11.5 Å². The van der Waals surface area contributed by atoms with Gasteiger partial charge in [0, 0.05) is 17.4 Å². The van der Waals surface area contributed by atoms with Crippen molar-refractivity contribution in [3.63, 3.8) is 0 Å². The SMILES string of the molecule is CCCCSSC[C@H](N)C(=O)C(C)C. The van der Waals surface area contributed by atoms with Crippen molar-refractivity contribution in [3.8, 4) is 0 Å². The zero-order chi connectivity index (χ0) is 11.0. The van der Waals surface area contributed by atoms with E-state index in [1.165, 1.54) is 12.8 Å². The van der Waals surface area contributed by atoms with Crippen LogP contribution in [0.3, 0.4) is 0 Å². The molecule has 0 fully saturated rings. The third-order valence-electron chi connectivity index (χ3n) is 1.85. The fourth-order valence-corrected chi connectivity index (χ4v) is 3.26. The van der Waals surface area contributed by atoms with Crippen LogP contribution in [-0.4, -0.2) is 23.3 Å². The number of hydrogen-bond acceptors (Lipinski definition) is 4. The Kier molecular flexibility index (Phi) is 8.83. The molecule has 0 bridgehead atoms. The number of ketones is 1. The van der Waals surface area contributed by atoms with Gasteiger partial charge in [0.05, 0.1) is 6.04 Å². The maximum atomic E-state index is 11.4. The van der Waals surface area contributed by atoms with Crippen LogP contribution in [0.2, 0.25) is 0 Å². The van der Waals surface area contributed by atoms with E-state index in [-0.39, 0.29) is 17.7 Å². The molecule has 0 aliphatic carbocycles. The van der Waals surface area contributed by atoms with Crippen LogP contribution >= 0.6 is 21.6 Å². The molecule has 0 saturated carbocycles. The van der Waals surface area contributed by atoms with E-state index >= 15 is 0 Å². The third kappa shape index (κ3) is 6.74. The molecule has 2 N–H and O–H groups in total. The minimum absolute atomic E-state index is 0.0613. The standard InChI is InChI=1S/C10H21NOS2/c1-4-5-6-13-14-7-9(11)10(12)8(2)3/h8-9H,4-7,11H2,1-3H3/t9-/m0/s1. The van der Waals surface area contributed by atoms with Gasteiger partial charge in [0.1, 0.15) is 0 Å². The van der Waals surface area contributed by atoms with Gasteiger partial charge in [0.25, 0.3) is 0 Å². The molecule has 0 radical (unpaired) electrons. The van der Waals surface area contributed by atoms with E-state index in [1.54, 1.807) is 10.8 Å². The molecule has 0 spiro atoms. The summed E-state index contributed by atoms with van der Waals surface area (Å²) in [5, 5.41) is 0. The van der Waals surface area contributed by atoms with Gasteiger partial charge < -0.3 is 5.73 Å². The molecule has 0 heterocycles. The van der Waals surface area contributed by atoms with Crippen molar-refractivity contribution in [2.45, 2.75) is 39.7 Å². The van der Waals surface area contributed by atoms with Gasteiger partial charge in [-0.15, -0.1) is 0 Å². The van der Waals surface area contributed by atoms with Gasteiger partial charge in [-0.3, -0.25) is 4.79 Å². The first kappa shape index (κ1) is 14.3. The monoisotopic (exact) mass is 235 g/mol. The molecule has 0 aromatic rings. The minimum atomic E-state index is -0.283. The summed E-state index contributed by atoms with van der Waals surface area (Å²) in [4.78, 5) is 11.4. The van der Waals surface area contributed by atoms with E-state index in [1.807, 2.05) is 24.6 Å². The summed E-state index contributed by atoms with van der Waals surface area (Å²) in [6, 6.07) is -0.283. The second-order valence-corrected chi connectivity index (χ2v) is 6.25. The molecule has 0 unspecified atom stereocenters. The topological polar surface area (TPSA) is 43.1 Å². The van der Waals surface area contributed by atoms with Crippen LogP contribution in [0.5, 0.6) is 0 Å². The van der Waals surface area contributed by atoms with Gasteiger partial charge in [0.15, 0.2) is 5.78 Å². The van der Waals surface area contributed by atoms with Crippen molar-refractivity contribution < 1.29 is 4.79 Å². The quantitative estimate of drug-likeness (QED) is 0.519. The van der Waals surface area contributed by atoms with E-state index in [9.17, 15) is 4.79 Å². The van der Waals surface area contributed by atoms with Gasteiger partial charge in [-0.05, 0) is 6.42 Å². The van der Waals surface area contributed by atoms with Crippen LogP contribution in [0.15, 0.2) is 0 Å². The van der Waals surface area contributed by atoms with Crippen LogP contribution in [0.4, 0.5) is 0 Å². The Morgan fingerprint density at radius 1 is 1.36 bits per heavy atom. The fourth-order valence-electron chi connectivity index (χ4n) is 0.894. The van der Waals surface area contributed by atoms with Crippen LogP contribution in [0.1, 0.15) is 33.6 Å². The number of hydrogen-bond donors (Lipinski definition) is 1. The first-order chi connectivity index (χ1) is 6.59. The third-order valence-corrected chi connectivity index (χ3v) is 4.37. The Bertz CT molecular complexity index is 162. The second-order valence-electron chi connectivity index (χ2n) is 3.62. The Labute approximate surface area is 95.2 Å². The molecule has 0 aromatic heterocycles. The first-order valence-corrected chi connectivity index (χ1v) is 7.62. The fraction of sp³-hybridized carbons (Fsp3) is 0.900. The highest BCUT2D eigenvalue weighted by atomic mass is 33.1. The summed E-state index contributed by atoms with van der Waals surface area (Å²) >= 11 is 0. The van der Waals surface area contributed by atoms with Crippen molar-refractivity contribution in [3.05, 3.63) is 0 Å². The number of Topliss-reactive ketones (excluding diaryl/α,β-unsaturated/α-hetero) is 1. The van der Waals surface area contributed by atoms with Gasteiger partial charge in [0.2, 0.25) is 0 Å². The van der Waals surface area contributed by atoms with E-state index in [0.29, 0.717) is 0 Å². The Balaban J connectivity index is 3.44. The molecular formula is C10H21NOS2. The van der Waals surface area contributed by atoms with Crippen LogP contribution in [-0.2, 0) is 4.79 Å². The molecule has 0 amide bonds. The van der Waals surface area contributed by atoms with Crippen molar-refractivity contribution >= 4 is 27.4 Å². The smallest absolute Gasteiger partial charge is 0.152 e. The second kappa shape index (κ2) is 8.62. The zero-order valence-corrected chi connectivity index (χ0v) is 10.9. The van der Waals surface area contributed by atoms with E-state index < -0.39 is 0 Å². The average molecular weight is 235 g/mol. The predicted molar refractivity (Wildman–Crippen MR) is 67.6 cm³/mol. The van der Waals surface area contributed by atoms with Crippen LogP contribution in [0, 0.1) is 5.92 Å². The molecule has 1 atom stereocenters. The highest BCUT2D eigenvalue weighted by Crippen LogP contribution is 2.23. The first-order valence-electron chi connectivity index (χ1n) is 5.13. The van der Waals surface area contributed by atoms with Gasteiger partial charge in [-0.2, -0.15) is 0 Å². The molecule has 14 heavy (non-hydrogen) atoms. The Morgan fingerprint density at radius 3 is 2.50 bits per heavy atom. The molecule has 0 aromatic carbocycles. The molecule has 84 valence electrons. The average Bonchev–Trinajstić information content (AvgIpc) is 2.16. The number of carbonyl (C=O) groups is 1. The number of nitrogens with two attached hydrogens (primary N) is 1. The zero-order valence-electron chi connectivity index (χ0n) is 9.29. The Hall–Kier alpha value is 0.330.